The smallest absolute Gasteiger partial charge is 0.223 e. The SMILES string of the molecule is CNC(=O)C(C/C=C/CCSNC(C)c1cccc(OCC2CC2)c1)CCC=O. The second kappa shape index (κ2) is 13.4. The minimum Gasteiger partial charge on any atom is -0.493 e. The van der Waals surface area contributed by atoms with Crippen LogP contribution in [0, 0.1) is 11.8 Å². The van der Waals surface area contributed by atoms with Crippen LogP contribution in [0.15, 0.2) is 36.4 Å². The molecule has 0 saturated heterocycles. The number of ether oxygens (including phenoxy) is 1. The van der Waals surface area contributed by atoms with Crippen LogP contribution in [0.1, 0.15) is 57.1 Å². The van der Waals surface area contributed by atoms with E-state index in [4.69, 9.17) is 4.74 Å². The fourth-order valence-corrected chi connectivity index (χ4v) is 3.72. The summed E-state index contributed by atoms with van der Waals surface area (Å²) in [6.07, 6.45) is 10.3. The number of allylic oxidation sites excluding steroid dienone is 2. The average molecular weight is 419 g/mol. The first-order valence-corrected chi connectivity index (χ1v) is 11.5. The van der Waals surface area contributed by atoms with E-state index in [1.807, 2.05) is 6.07 Å². The molecule has 2 atom stereocenters. The van der Waals surface area contributed by atoms with Gasteiger partial charge in [0.2, 0.25) is 5.91 Å². The highest BCUT2D eigenvalue weighted by Crippen LogP contribution is 2.30. The van der Waals surface area contributed by atoms with Crippen molar-refractivity contribution in [2.45, 2.75) is 51.5 Å². The Morgan fingerprint density at radius 2 is 2.14 bits per heavy atom. The van der Waals surface area contributed by atoms with Crippen LogP contribution in [0.5, 0.6) is 5.75 Å². The summed E-state index contributed by atoms with van der Waals surface area (Å²) < 4.78 is 9.35. The molecule has 0 aromatic heterocycles. The van der Waals surface area contributed by atoms with Crippen molar-refractivity contribution in [3.05, 3.63) is 42.0 Å². The third kappa shape index (κ3) is 9.50. The monoisotopic (exact) mass is 418 g/mol. The molecule has 0 spiro atoms. The summed E-state index contributed by atoms with van der Waals surface area (Å²) in [5.74, 6) is 2.55. The Morgan fingerprint density at radius 1 is 1.31 bits per heavy atom. The van der Waals surface area contributed by atoms with Gasteiger partial charge in [-0.25, -0.2) is 0 Å². The van der Waals surface area contributed by atoms with Crippen molar-refractivity contribution in [1.29, 1.82) is 0 Å². The summed E-state index contributed by atoms with van der Waals surface area (Å²) in [5.41, 5.74) is 1.23. The maximum Gasteiger partial charge on any atom is 0.223 e. The van der Waals surface area contributed by atoms with Crippen LogP contribution >= 0.6 is 11.9 Å². The van der Waals surface area contributed by atoms with Crippen molar-refractivity contribution in [2.24, 2.45) is 11.8 Å². The lowest BCUT2D eigenvalue weighted by Gasteiger charge is -2.15. The van der Waals surface area contributed by atoms with Crippen molar-refractivity contribution >= 4 is 24.1 Å². The molecular weight excluding hydrogens is 384 g/mol. The zero-order chi connectivity index (χ0) is 20.9. The highest BCUT2D eigenvalue weighted by atomic mass is 32.2. The fourth-order valence-electron chi connectivity index (χ4n) is 2.96. The van der Waals surface area contributed by atoms with E-state index in [2.05, 4.69) is 47.3 Å². The summed E-state index contributed by atoms with van der Waals surface area (Å²) in [4.78, 5) is 22.4. The lowest BCUT2D eigenvalue weighted by atomic mass is 9.98. The van der Waals surface area contributed by atoms with E-state index >= 15 is 0 Å². The Balaban J connectivity index is 1.63. The normalized spacial score (nSPS) is 15.8. The van der Waals surface area contributed by atoms with E-state index in [1.54, 1.807) is 19.0 Å². The molecule has 0 bridgehead atoms. The molecule has 1 aliphatic carbocycles. The van der Waals surface area contributed by atoms with Crippen LogP contribution in [0.3, 0.4) is 0 Å². The molecule has 0 radical (unpaired) electrons. The number of nitrogens with one attached hydrogen (secondary N) is 2. The number of amides is 1. The molecule has 5 nitrogen and oxygen atoms in total. The molecule has 0 heterocycles. The third-order valence-corrected chi connectivity index (χ3v) is 5.98. The van der Waals surface area contributed by atoms with E-state index in [9.17, 15) is 9.59 Å². The van der Waals surface area contributed by atoms with E-state index in [0.717, 1.165) is 36.7 Å². The van der Waals surface area contributed by atoms with Gasteiger partial charge in [0.15, 0.2) is 0 Å². The topological polar surface area (TPSA) is 67.4 Å². The van der Waals surface area contributed by atoms with Gasteiger partial charge >= 0.3 is 0 Å². The van der Waals surface area contributed by atoms with Crippen molar-refractivity contribution in [3.63, 3.8) is 0 Å². The molecule has 6 heteroatoms. The molecule has 1 amide bonds. The predicted octanol–water partition coefficient (Wildman–Crippen LogP) is 4.45. The highest BCUT2D eigenvalue weighted by Gasteiger charge is 2.22. The van der Waals surface area contributed by atoms with Gasteiger partial charge in [-0.05, 0) is 62.6 Å². The van der Waals surface area contributed by atoms with Crippen LogP contribution < -0.4 is 14.8 Å². The molecule has 2 N–H and O–H groups in total. The van der Waals surface area contributed by atoms with E-state index in [1.165, 1.54) is 18.4 Å². The molecule has 29 heavy (non-hydrogen) atoms. The maximum absolute atomic E-state index is 11.8. The Bertz CT molecular complexity index is 661. The fraction of sp³-hybridized carbons (Fsp3) is 0.565. The molecule has 1 saturated carbocycles. The second-order valence-electron chi connectivity index (χ2n) is 7.57. The van der Waals surface area contributed by atoms with Crippen molar-refractivity contribution < 1.29 is 14.3 Å². The second-order valence-corrected chi connectivity index (χ2v) is 8.50. The zero-order valence-electron chi connectivity index (χ0n) is 17.6. The van der Waals surface area contributed by atoms with Crippen LogP contribution in [0.4, 0.5) is 0 Å². The van der Waals surface area contributed by atoms with Crippen LogP contribution in [0.25, 0.3) is 0 Å². The maximum atomic E-state index is 11.8. The summed E-state index contributed by atoms with van der Waals surface area (Å²) in [7, 11) is 1.64. The molecule has 1 fully saturated rings. The number of rotatable bonds is 15. The minimum atomic E-state index is -0.123. The van der Waals surface area contributed by atoms with Crippen LogP contribution in [0.2, 0.25) is 0 Å². The Morgan fingerprint density at radius 3 is 2.86 bits per heavy atom. The van der Waals surface area contributed by atoms with Gasteiger partial charge in [0, 0.05) is 31.2 Å². The zero-order valence-corrected chi connectivity index (χ0v) is 18.4. The standard InChI is InChI=1S/C23H34N2O3S/c1-18(21-9-6-11-22(16-21)28-17-19-12-13-19)25-29-15-5-3-4-8-20(10-7-14-26)23(27)24-2/h3-4,6,9,11,14,16,18-20,25H,5,7-8,10,12-13,15,17H2,1-2H3,(H,24,27)/b4-3+. The molecule has 160 valence electrons. The molecule has 2 rings (SSSR count). The summed E-state index contributed by atoms with van der Waals surface area (Å²) in [6, 6.07) is 8.57. The summed E-state index contributed by atoms with van der Waals surface area (Å²) in [5, 5.41) is 2.67. The largest absolute Gasteiger partial charge is 0.493 e. The first-order chi connectivity index (χ1) is 14.1. The lowest BCUT2D eigenvalue weighted by Crippen LogP contribution is -2.27. The molecule has 2 unspecified atom stereocenters. The van der Waals surface area contributed by atoms with Crippen LogP contribution in [-0.4, -0.2) is 31.6 Å². The number of carbonyl (C=O) groups excluding carboxylic acids is 2. The van der Waals surface area contributed by atoms with Gasteiger partial charge in [0.1, 0.15) is 12.0 Å². The number of carbonyl (C=O) groups is 2. The van der Waals surface area contributed by atoms with E-state index in [0.29, 0.717) is 19.3 Å². The predicted molar refractivity (Wildman–Crippen MR) is 120 cm³/mol. The third-order valence-electron chi connectivity index (χ3n) is 5.02. The number of hydrogen-bond acceptors (Lipinski definition) is 5. The Labute approximate surface area is 179 Å². The van der Waals surface area contributed by atoms with E-state index < -0.39 is 0 Å². The number of benzene rings is 1. The first-order valence-electron chi connectivity index (χ1n) is 10.5. The summed E-state index contributed by atoms with van der Waals surface area (Å²) in [6.45, 7) is 2.99. The van der Waals surface area contributed by atoms with Gasteiger partial charge in [0.05, 0.1) is 6.61 Å². The van der Waals surface area contributed by atoms with E-state index in [-0.39, 0.29) is 17.9 Å². The molecule has 0 aliphatic heterocycles. The minimum absolute atomic E-state index is 0.00436. The van der Waals surface area contributed by atoms with Gasteiger partial charge < -0.3 is 14.8 Å². The first kappa shape index (κ1) is 23.5. The van der Waals surface area contributed by atoms with Gasteiger partial charge in [-0.2, -0.15) is 0 Å². The molecule has 1 aliphatic rings. The molecule has 1 aromatic rings. The van der Waals surface area contributed by atoms with Crippen molar-refractivity contribution in [2.75, 3.05) is 19.4 Å². The van der Waals surface area contributed by atoms with Crippen molar-refractivity contribution in [3.8, 4) is 5.75 Å². The molecular formula is C23H34N2O3S. The van der Waals surface area contributed by atoms with Gasteiger partial charge in [-0.3, -0.25) is 9.52 Å². The highest BCUT2D eigenvalue weighted by molar-refractivity contribution is 7.97. The lowest BCUT2D eigenvalue weighted by molar-refractivity contribution is -0.124. The van der Waals surface area contributed by atoms with Gasteiger partial charge in [-0.1, -0.05) is 36.2 Å². The van der Waals surface area contributed by atoms with Gasteiger partial charge in [-0.15, -0.1) is 0 Å². The molecule has 1 aromatic carbocycles. The quantitative estimate of drug-likeness (QED) is 0.191. The van der Waals surface area contributed by atoms with Crippen molar-refractivity contribution in [1.82, 2.24) is 10.0 Å². The number of hydrogen-bond donors (Lipinski definition) is 2. The Kier molecular flexibility index (Phi) is 10.9. The average Bonchev–Trinajstić information content (AvgIpc) is 3.57. The van der Waals surface area contributed by atoms with Gasteiger partial charge in [0.25, 0.3) is 0 Å². The number of aldehydes is 1. The summed E-state index contributed by atoms with van der Waals surface area (Å²) >= 11 is 1.71. The Hall–Kier alpha value is -1.79. The van der Waals surface area contributed by atoms with Crippen LogP contribution in [-0.2, 0) is 9.59 Å².